The van der Waals surface area contributed by atoms with Crippen LogP contribution in [0.4, 0.5) is 0 Å². The summed E-state index contributed by atoms with van der Waals surface area (Å²) >= 11 is 0. The first-order chi connectivity index (χ1) is 7.15. The molecule has 0 aromatic carbocycles. The molecule has 0 N–H and O–H groups in total. The van der Waals surface area contributed by atoms with Gasteiger partial charge in [0.1, 0.15) is 0 Å². The molecule has 0 unspecified atom stereocenters. The third kappa shape index (κ3) is 5.84. The fraction of sp³-hybridized carbons (Fsp3) is 0.357. The van der Waals surface area contributed by atoms with Crippen LogP contribution in [0, 0.1) is 0 Å². The van der Waals surface area contributed by atoms with Crippen LogP contribution < -0.4 is 0 Å². The number of rotatable bonds is 6. The first kappa shape index (κ1) is 13.6. The van der Waals surface area contributed by atoms with Gasteiger partial charge >= 0.3 is 0 Å². The fourth-order valence-electron chi connectivity index (χ4n) is 1.15. The molecular formula is C14H21N. The molecule has 0 bridgehead atoms. The number of hydrogen-bond acceptors (Lipinski definition) is 1. The third-order valence-corrected chi connectivity index (χ3v) is 2.14. The Labute approximate surface area is 93.6 Å². The first-order valence-electron chi connectivity index (χ1n) is 5.27. The van der Waals surface area contributed by atoms with Crippen molar-refractivity contribution in [2.24, 2.45) is 4.99 Å². The molecule has 0 amide bonds. The van der Waals surface area contributed by atoms with Crippen molar-refractivity contribution in [1.29, 1.82) is 0 Å². The zero-order valence-electron chi connectivity index (χ0n) is 10.1. The van der Waals surface area contributed by atoms with E-state index in [1.807, 2.05) is 19.1 Å². The van der Waals surface area contributed by atoms with Crippen LogP contribution in [0.25, 0.3) is 0 Å². The van der Waals surface area contributed by atoms with Crippen LogP contribution in [-0.2, 0) is 0 Å². The van der Waals surface area contributed by atoms with Gasteiger partial charge in [-0.2, -0.15) is 0 Å². The summed E-state index contributed by atoms with van der Waals surface area (Å²) in [7, 11) is 1.76. The maximum atomic E-state index is 4.02. The van der Waals surface area contributed by atoms with Crippen LogP contribution in [0.2, 0.25) is 0 Å². The summed E-state index contributed by atoms with van der Waals surface area (Å²) in [6.45, 7) is 12.0. The van der Waals surface area contributed by atoms with Crippen molar-refractivity contribution in [3.8, 4) is 0 Å². The van der Waals surface area contributed by atoms with Gasteiger partial charge in [0.15, 0.2) is 0 Å². The Morgan fingerprint density at radius 1 is 1.40 bits per heavy atom. The van der Waals surface area contributed by atoms with E-state index in [4.69, 9.17) is 0 Å². The molecule has 0 rings (SSSR count). The summed E-state index contributed by atoms with van der Waals surface area (Å²) < 4.78 is 0. The monoisotopic (exact) mass is 203 g/mol. The van der Waals surface area contributed by atoms with Crippen molar-refractivity contribution < 1.29 is 0 Å². The van der Waals surface area contributed by atoms with Crippen LogP contribution in [-0.4, -0.2) is 13.3 Å². The molecule has 0 aromatic rings. The highest BCUT2D eigenvalue weighted by Gasteiger charge is 1.95. The van der Waals surface area contributed by atoms with Crippen LogP contribution in [0.3, 0.4) is 0 Å². The quantitative estimate of drug-likeness (QED) is 0.455. The Balaban J connectivity index is 4.63. The van der Waals surface area contributed by atoms with E-state index in [9.17, 15) is 0 Å². The third-order valence-electron chi connectivity index (χ3n) is 2.14. The number of hydrogen-bond donors (Lipinski definition) is 0. The van der Waals surface area contributed by atoms with Gasteiger partial charge in [-0.05, 0) is 36.1 Å². The summed E-state index contributed by atoms with van der Waals surface area (Å²) in [6.07, 6.45) is 9.91. The van der Waals surface area contributed by atoms with Crippen molar-refractivity contribution in [2.75, 3.05) is 7.05 Å². The molecule has 0 atom stereocenters. The van der Waals surface area contributed by atoms with Crippen LogP contribution >= 0.6 is 0 Å². The highest BCUT2D eigenvalue weighted by atomic mass is 14.6. The largest absolute Gasteiger partial charge is 0.297 e. The molecule has 0 saturated carbocycles. The van der Waals surface area contributed by atoms with Gasteiger partial charge in [0.05, 0.1) is 0 Å². The summed E-state index contributed by atoms with van der Waals surface area (Å²) in [5.74, 6) is 0. The van der Waals surface area contributed by atoms with E-state index in [0.29, 0.717) is 0 Å². The van der Waals surface area contributed by atoms with Gasteiger partial charge in [-0.15, -0.1) is 0 Å². The molecular weight excluding hydrogens is 182 g/mol. The van der Waals surface area contributed by atoms with Crippen molar-refractivity contribution in [1.82, 2.24) is 0 Å². The molecule has 1 heteroatoms. The van der Waals surface area contributed by atoms with Gasteiger partial charge < -0.3 is 0 Å². The lowest BCUT2D eigenvalue weighted by Gasteiger charge is -2.03. The molecule has 15 heavy (non-hydrogen) atoms. The lowest BCUT2D eigenvalue weighted by Crippen LogP contribution is -1.84. The normalized spacial score (nSPS) is 13.3. The average molecular weight is 203 g/mol. The molecule has 1 nitrogen and oxygen atoms in total. The average Bonchev–Trinajstić information content (AvgIpc) is 2.24. The first-order valence-corrected chi connectivity index (χ1v) is 5.27. The van der Waals surface area contributed by atoms with Gasteiger partial charge in [0.25, 0.3) is 0 Å². The SMILES string of the molecule is C=C/C(=C\C(=C)/C(C)=C\C=NC)CCC. The van der Waals surface area contributed by atoms with E-state index in [2.05, 4.69) is 31.2 Å². The van der Waals surface area contributed by atoms with E-state index in [-0.39, 0.29) is 0 Å². The topological polar surface area (TPSA) is 12.4 Å². The molecule has 0 heterocycles. The van der Waals surface area contributed by atoms with E-state index in [0.717, 1.165) is 24.0 Å². The highest BCUT2D eigenvalue weighted by Crippen LogP contribution is 2.14. The predicted octanol–water partition coefficient (Wildman–Crippen LogP) is 4.10. The van der Waals surface area contributed by atoms with Gasteiger partial charge in [-0.25, -0.2) is 0 Å². The molecule has 0 saturated heterocycles. The lowest BCUT2D eigenvalue weighted by atomic mass is 10.0. The second-order valence-corrected chi connectivity index (χ2v) is 3.46. The minimum absolute atomic E-state index is 1.03. The smallest absolute Gasteiger partial charge is 0.0277 e. The van der Waals surface area contributed by atoms with E-state index < -0.39 is 0 Å². The Morgan fingerprint density at radius 3 is 2.53 bits per heavy atom. The Bertz CT molecular complexity index is 303. The van der Waals surface area contributed by atoms with Gasteiger partial charge in [0.2, 0.25) is 0 Å². The van der Waals surface area contributed by atoms with Gasteiger partial charge in [0, 0.05) is 13.3 Å². The van der Waals surface area contributed by atoms with Crippen LogP contribution in [0.1, 0.15) is 26.7 Å². The fourth-order valence-corrected chi connectivity index (χ4v) is 1.15. The van der Waals surface area contributed by atoms with E-state index in [1.165, 1.54) is 5.57 Å². The minimum atomic E-state index is 1.03. The summed E-state index contributed by atoms with van der Waals surface area (Å²) in [5.41, 5.74) is 3.40. The summed E-state index contributed by atoms with van der Waals surface area (Å²) in [4.78, 5) is 3.91. The molecule has 0 fully saturated rings. The molecule has 0 aliphatic heterocycles. The van der Waals surface area contributed by atoms with Crippen molar-refractivity contribution in [3.63, 3.8) is 0 Å². The van der Waals surface area contributed by atoms with E-state index >= 15 is 0 Å². The maximum absolute atomic E-state index is 4.02. The van der Waals surface area contributed by atoms with Crippen molar-refractivity contribution in [3.05, 3.63) is 48.1 Å². The Kier molecular flexibility index (Phi) is 7.25. The minimum Gasteiger partial charge on any atom is -0.297 e. The highest BCUT2D eigenvalue weighted by molar-refractivity contribution is 5.73. The van der Waals surface area contributed by atoms with E-state index in [1.54, 1.807) is 13.3 Å². The summed E-state index contributed by atoms with van der Waals surface area (Å²) in [5, 5.41) is 0. The van der Waals surface area contributed by atoms with Crippen molar-refractivity contribution in [2.45, 2.75) is 26.7 Å². The van der Waals surface area contributed by atoms with Crippen LogP contribution in [0.15, 0.2) is 53.1 Å². The maximum Gasteiger partial charge on any atom is 0.0277 e. The molecule has 0 aliphatic rings. The predicted molar refractivity (Wildman–Crippen MR) is 70.5 cm³/mol. The van der Waals surface area contributed by atoms with Gasteiger partial charge in [-0.1, -0.05) is 38.7 Å². The zero-order chi connectivity index (χ0) is 11.7. The van der Waals surface area contributed by atoms with Gasteiger partial charge in [-0.3, -0.25) is 4.99 Å². The molecule has 82 valence electrons. The standard InChI is InChI=1S/C14H21N/c1-6-8-14(7-2)11-13(4)12(3)9-10-15-5/h7,9-11H,2,4,6,8H2,1,3,5H3/b12-9-,14-11+,15-10?. The lowest BCUT2D eigenvalue weighted by molar-refractivity contribution is 0.926. The van der Waals surface area contributed by atoms with Crippen molar-refractivity contribution >= 4 is 6.21 Å². The summed E-state index contributed by atoms with van der Waals surface area (Å²) in [6, 6.07) is 0. The molecule has 0 radical (unpaired) electrons. The number of aliphatic imine (C=N–C) groups is 1. The Morgan fingerprint density at radius 2 is 2.07 bits per heavy atom. The second kappa shape index (κ2) is 7.98. The molecule has 0 spiro atoms. The number of nitrogens with zero attached hydrogens (tertiary/aromatic N) is 1. The molecule has 0 aromatic heterocycles. The van der Waals surface area contributed by atoms with Crippen LogP contribution in [0.5, 0.6) is 0 Å². The zero-order valence-corrected chi connectivity index (χ0v) is 10.1. The second-order valence-electron chi connectivity index (χ2n) is 3.46. The number of allylic oxidation sites excluding steroid dienone is 6. The molecule has 0 aliphatic carbocycles. The Hall–Kier alpha value is -1.37.